The molecule has 2 aromatic rings. The van der Waals surface area contributed by atoms with Gasteiger partial charge in [-0.25, -0.2) is 9.80 Å². The van der Waals surface area contributed by atoms with Gasteiger partial charge >= 0.3 is 6.03 Å². The van der Waals surface area contributed by atoms with Gasteiger partial charge in [0, 0.05) is 18.0 Å². The summed E-state index contributed by atoms with van der Waals surface area (Å²) < 4.78 is 0. The van der Waals surface area contributed by atoms with Crippen molar-refractivity contribution >= 4 is 40.9 Å². The lowest BCUT2D eigenvalue weighted by molar-refractivity contribution is -0.188. The van der Waals surface area contributed by atoms with Crippen molar-refractivity contribution in [2.45, 2.75) is 31.6 Å². The minimum atomic E-state index is -0.622. The molecular formula is C26H31N5O3S2. The fraction of sp³-hybridized carbons (Fsp3) is 0.423. The summed E-state index contributed by atoms with van der Waals surface area (Å²) in [6, 6.07) is 12.7. The van der Waals surface area contributed by atoms with Gasteiger partial charge < -0.3 is 15.1 Å². The van der Waals surface area contributed by atoms with Crippen LogP contribution in [0.1, 0.15) is 16.9 Å². The molecule has 0 spiro atoms. The van der Waals surface area contributed by atoms with Crippen molar-refractivity contribution in [2.24, 2.45) is 0 Å². The summed E-state index contributed by atoms with van der Waals surface area (Å²) in [7, 11) is 0. The van der Waals surface area contributed by atoms with Crippen LogP contribution in [-0.4, -0.2) is 88.1 Å². The second kappa shape index (κ2) is 12.3. The number of nitrogens with one attached hydrogen (secondary N) is 1. The normalized spacial score (nSPS) is 20.3. The molecule has 8 nitrogen and oxygen atoms in total. The first-order valence-electron chi connectivity index (χ1n) is 11.9. The molecule has 2 atom stereocenters. The molecule has 2 fully saturated rings. The van der Waals surface area contributed by atoms with E-state index in [9.17, 15) is 14.4 Å². The number of thioether (sulfide) groups is 1. The second-order valence-electron chi connectivity index (χ2n) is 8.71. The largest absolute Gasteiger partial charge is 0.337 e. The molecule has 0 unspecified atom stereocenters. The Morgan fingerprint density at radius 2 is 2.03 bits per heavy atom. The molecule has 190 valence electrons. The number of hydrazine groups is 1. The van der Waals surface area contributed by atoms with Gasteiger partial charge in [0.25, 0.3) is 0 Å². The predicted molar refractivity (Wildman–Crippen MR) is 143 cm³/mol. The van der Waals surface area contributed by atoms with Crippen LogP contribution in [0.4, 0.5) is 4.79 Å². The summed E-state index contributed by atoms with van der Waals surface area (Å²) in [6.45, 7) is 1.19. The highest BCUT2D eigenvalue weighted by Crippen LogP contribution is 2.28. The van der Waals surface area contributed by atoms with Crippen molar-refractivity contribution in [1.29, 1.82) is 0 Å². The molecule has 3 heterocycles. The van der Waals surface area contributed by atoms with E-state index in [1.165, 1.54) is 4.88 Å². The Morgan fingerprint density at radius 3 is 2.72 bits per heavy atom. The molecule has 0 bridgehead atoms. The Balaban J connectivity index is 1.60. The van der Waals surface area contributed by atoms with Gasteiger partial charge in [0.1, 0.15) is 12.2 Å². The number of nitrogens with zero attached hydrogens (tertiary/aromatic N) is 4. The Kier molecular flexibility index (Phi) is 8.91. The number of terminal acetylenes is 1. The van der Waals surface area contributed by atoms with Crippen LogP contribution >= 0.6 is 23.1 Å². The van der Waals surface area contributed by atoms with Crippen molar-refractivity contribution in [3.05, 3.63) is 58.3 Å². The van der Waals surface area contributed by atoms with Crippen molar-refractivity contribution in [3.8, 4) is 12.3 Å². The zero-order valence-corrected chi connectivity index (χ0v) is 22.0. The number of thiophene rings is 1. The fourth-order valence-electron chi connectivity index (χ4n) is 4.70. The minimum Gasteiger partial charge on any atom is -0.337 e. The number of amides is 4. The number of fused-ring (bicyclic) bond motifs is 1. The summed E-state index contributed by atoms with van der Waals surface area (Å²) in [6.07, 6.45) is 8.23. The molecule has 2 aliphatic rings. The van der Waals surface area contributed by atoms with Gasteiger partial charge in [-0.2, -0.15) is 16.8 Å². The van der Waals surface area contributed by atoms with Crippen LogP contribution < -0.4 is 5.32 Å². The van der Waals surface area contributed by atoms with E-state index < -0.39 is 12.2 Å². The highest BCUT2D eigenvalue weighted by Gasteiger charge is 2.50. The Labute approximate surface area is 220 Å². The van der Waals surface area contributed by atoms with Crippen molar-refractivity contribution in [3.63, 3.8) is 0 Å². The molecule has 0 radical (unpaired) electrons. The van der Waals surface area contributed by atoms with Gasteiger partial charge in [-0.1, -0.05) is 42.3 Å². The zero-order chi connectivity index (χ0) is 25.5. The Morgan fingerprint density at radius 1 is 1.22 bits per heavy atom. The number of hydrogen-bond acceptors (Lipinski definition) is 6. The number of hydrogen-bond donors (Lipinski definition) is 1. The van der Waals surface area contributed by atoms with E-state index in [0.717, 1.165) is 17.7 Å². The van der Waals surface area contributed by atoms with E-state index >= 15 is 0 Å². The maximum Gasteiger partial charge on any atom is 0.334 e. The van der Waals surface area contributed by atoms with Gasteiger partial charge in [-0.05, 0) is 41.9 Å². The molecule has 1 aromatic heterocycles. The van der Waals surface area contributed by atoms with Crippen molar-refractivity contribution in [1.82, 2.24) is 25.1 Å². The standard InChI is InChI=1S/C26H31N5O3S2/c1-3-13-29-19-24(32)30-22(12-16-35-2)25(33)28(14-11-21-10-7-15-36-21)18-23(30)31(29)26(34)27-17-20-8-5-4-6-9-20/h1,4-10,15,22-23H,11-14,16-19H2,2H3,(H,27,34)/t22-,23-/m0/s1. The number of piperazine rings is 1. The first-order chi connectivity index (χ1) is 17.5. The molecule has 2 aliphatic heterocycles. The van der Waals surface area contributed by atoms with Crippen molar-refractivity contribution in [2.75, 3.05) is 38.2 Å². The van der Waals surface area contributed by atoms with E-state index in [0.29, 0.717) is 19.5 Å². The number of carbonyl (C=O) groups is 3. The molecule has 2 saturated heterocycles. The molecule has 0 aliphatic carbocycles. The summed E-state index contributed by atoms with van der Waals surface area (Å²) >= 11 is 3.29. The third kappa shape index (κ3) is 5.86. The molecule has 36 heavy (non-hydrogen) atoms. The van der Waals surface area contributed by atoms with Crippen LogP contribution in [0.15, 0.2) is 47.8 Å². The third-order valence-electron chi connectivity index (χ3n) is 6.40. The number of urea groups is 1. The van der Waals surface area contributed by atoms with Gasteiger partial charge in [-0.15, -0.1) is 17.8 Å². The fourth-order valence-corrected chi connectivity index (χ4v) is 5.86. The highest BCUT2D eigenvalue weighted by molar-refractivity contribution is 7.98. The van der Waals surface area contributed by atoms with E-state index in [1.54, 1.807) is 42.9 Å². The van der Waals surface area contributed by atoms with Gasteiger partial charge in [-0.3, -0.25) is 9.59 Å². The number of carbonyl (C=O) groups excluding carboxylic acids is 3. The van der Waals surface area contributed by atoms with Gasteiger partial charge in [0.2, 0.25) is 11.8 Å². The summed E-state index contributed by atoms with van der Waals surface area (Å²) in [5, 5.41) is 8.17. The van der Waals surface area contributed by atoms with Crippen LogP contribution in [0.5, 0.6) is 0 Å². The number of rotatable bonds is 9. The molecule has 4 amide bonds. The van der Waals surface area contributed by atoms with Crippen molar-refractivity contribution < 1.29 is 14.4 Å². The molecule has 0 saturated carbocycles. The van der Waals surface area contributed by atoms with E-state index in [-0.39, 0.29) is 37.5 Å². The van der Waals surface area contributed by atoms with Crippen LogP contribution in [0.3, 0.4) is 0 Å². The molecule has 1 N–H and O–H groups in total. The third-order valence-corrected chi connectivity index (χ3v) is 7.98. The maximum absolute atomic E-state index is 13.5. The molecular weight excluding hydrogens is 494 g/mol. The summed E-state index contributed by atoms with van der Waals surface area (Å²) in [4.78, 5) is 45.0. The second-order valence-corrected chi connectivity index (χ2v) is 10.7. The molecule has 4 rings (SSSR count). The monoisotopic (exact) mass is 525 g/mol. The zero-order valence-electron chi connectivity index (χ0n) is 20.3. The lowest BCUT2D eigenvalue weighted by Gasteiger charge is -2.55. The van der Waals surface area contributed by atoms with Gasteiger partial charge in [0.05, 0.1) is 19.6 Å². The van der Waals surface area contributed by atoms with Crippen LogP contribution in [0.2, 0.25) is 0 Å². The first-order valence-corrected chi connectivity index (χ1v) is 14.2. The van der Waals surface area contributed by atoms with Crippen LogP contribution in [0, 0.1) is 12.3 Å². The topological polar surface area (TPSA) is 76.2 Å². The Hall–Kier alpha value is -3.00. The minimum absolute atomic E-state index is 0.0439. The number of benzene rings is 1. The van der Waals surface area contributed by atoms with E-state index in [2.05, 4.69) is 17.3 Å². The first kappa shape index (κ1) is 26.1. The quantitative estimate of drug-likeness (QED) is 0.509. The van der Waals surface area contributed by atoms with Gasteiger partial charge in [0.15, 0.2) is 0 Å². The molecule has 1 aromatic carbocycles. The lowest BCUT2D eigenvalue weighted by Crippen LogP contribution is -2.76. The average molecular weight is 526 g/mol. The maximum atomic E-state index is 13.5. The highest BCUT2D eigenvalue weighted by atomic mass is 32.2. The smallest absolute Gasteiger partial charge is 0.334 e. The van der Waals surface area contributed by atoms with E-state index in [1.807, 2.05) is 48.0 Å². The SMILES string of the molecule is C#CCN1CC(=O)N2[C@@H](CCSC)C(=O)N(CCc3cccs3)C[C@@H]2N1C(=O)NCc1ccccc1. The van der Waals surface area contributed by atoms with E-state index in [4.69, 9.17) is 6.42 Å². The molecule has 10 heteroatoms. The van der Waals surface area contributed by atoms with Crippen LogP contribution in [0.25, 0.3) is 0 Å². The summed E-state index contributed by atoms with van der Waals surface area (Å²) in [5.41, 5.74) is 0.966. The Bertz CT molecular complexity index is 1090. The van der Waals surface area contributed by atoms with Crippen LogP contribution in [-0.2, 0) is 22.6 Å². The lowest BCUT2D eigenvalue weighted by atomic mass is 10.0. The predicted octanol–water partition coefficient (Wildman–Crippen LogP) is 2.48. The average Bonchev–Trinajstić information content (AvgIpc) is 3.40. The summed E-state index contributed by atoms with van der Waals surface area (Å²) in [5.74, 6) is 3.07.